The molecule has 0 unspecified atom stereocenters. The molecule has 1 atom stereocenters. The zero-order chi connectivity index (χ0) is 13.9. The SMILES string of the molecule is CCn1cc(CN2CCC[C@H](c3ncc(C)[nH]3)C2)cn1. The molecular weight excluding hydrogens is 250 g/mol. The highest BCUT2D eigenvalue weighted by Gasteiger charge is 2.23. The Labute approximate surface area is 120 Å². The normalized spacial score (nSPS) is 20.4. The van der Waals surface area contributed by atoms with E-state index >= 15 is 0 Å². The first kappa shape index (κ1) is 13.4. The number of imidazole rings is 1. The molecule has 5 heteroatoms. The summed E-state index contributed by atoms with van der Waals surface area (Å²) in [7, 11) is 0. The lowest BCUT2D eigenvalue weighted by molar-refractivity contribution is 0.197. The minimum Gasteiger partial charge on any atom is -0.346 e. The summed E-state index contributed by atoms with van der Waals surface area (Å²) >= 11 is 0. The summed E-state index contributed by atoms with van der Waals surface area (Å²) in [4.78, 5) is 10.4. The smallest absolute Gasteiger partial charge is 0.110 e. The lowest BCUT2D eigenvalue weighted by atomic mass is 9.97. The molecule has 1 N–H and O–H groups in total. The molecule has 0 bridgehead atoms. The average Bonchev–Trinajstić information content (AvgIpc) is 3.08. The van der Waals surface area contributed by atoms with Crippen molar-refractivity contribution in [2.45, 2.75) is 45.7 Å². The second-order valence-electron chi connectivity index (χ2n) is 5.73. The van der Waals surface area contributed by atoms with Crippen LogP contribution in [0, 0.1) is 6.92 Å². The molecule has 2 aromatic heterocycles. The Morgan fingerprint density at radius 2 is 2.30 bits per heavy atom. The summed E-state index contributed by atoms with van der Waals surface area (Å²) in [6.45, 7) is 8.38. The predicted molar refractivity (Wildman–Crippen MR) is 78.5 cm³/mol. The monoisotopic (exact) mass is 273 g/mol. The van der Waals surface area contributed by atoms with Crippen molar-refractivity contribution in [1.29, 1.82) is 0 Å². The van der Waals surface area contributed by atoms with E-state index in [1.54, 1.807) is 0 Å². The molecule has 0 amide bonds. The number of H-pyrrole nitrogens is 1. The Kier molecular flexibility index (Phi) is 3.87. The van der Waals surface area contributed by atoms with Gasteiger partial charge >= 0.3 is 0 Å². The fraction of sp³-hybridized carbons (Fsp3) is 0.600. The van der Waals surface area contributed by atoms with E-state index < -0.39 is 0 Å². The number of nitrogens with zero attached hydrogens (tertiary/aromatic N) is 4. The third-order valence-corrected chi connectivity index (χ3v) is 4.03. The predicted octanol–water partition coefficient (Wildman–Crippen LogP) is 2.31. The number of aromatic amines is 1. The van der Waals surface area contributed by atoms with E-state index in [-0.39, 0.29) is 0 Å². The number of nitrogens with one attached hydrogen (secondary N) is 1. The summed E-state index contributed by atoms with van der Waals surface area (Å²) in [6, 6.07) is 0. The number of rotatable bonds is 4. The van der Waals surface area contributed by atoms with E-state index in [4.69, 9.17) is 0 Å². The molecule has 0 aromatic carbocycles. The Bertz CT molecular complexity index is 556. The molecule has 2 aromatic rings. The number of hydrogen-bond donors (Lipinski definition) is 1. The van der Waals surface area contributed by atoms with Crippen molar-refractivity contribution in [3.8, 4) is 0 Å². The van der Waals surface area contributed by atoms with E-state index in [1.807, 2.05) is 17.1 Å². The number of hydrogen-bond acceptors (Lipinski definition) is 3. The first-order valence-electron chi connectivity index (χ1n) is 7.49. The van der Waals surface area contributed by atoms with Gasteiger partial charge in [0.25, 0.3) is 0 Å². The zero-order valence-electron chi connectivity index (χ0n) is 12.3. The van der Waals surface area contributed by atoms with Gasteiger partial charge in [-0.2, -0.15) is 5.10 Å². The van der Waals surface area contributed by atoms with Crippen molar-refractivity contribution in [3.63, 3.8) is 0 Å². The van der Waals surface area contributed by atoms with E-state index in [0.29, 0.717) is 5.92 Å². The molecule has 1 aliphatic heterocycles. The highest BCUT2D eigenvalue weighted by molar-refractivity contribution is 5.08. The van der Waals surface area contributed by atoms with Crippen molar-refractivity contribution in [2.24, 2.45) is 0 Å². The fourth-order valence-corrected chi connectivity index (χ4v) is 2.98. The van der Waals surface area contributed by atoms with Crippen LogP contribution < -0.4 is 0 Å². The van der Waals surface area contributed by atoms with Gasteiger partial charge in [-0.1, -0.05) is 0 Å². The minimum atomic E-state index is 0.540. The van der Waals surface area contributed by atoms with Crippen molar-refractivity contribution < 1.29 is 0 Å². The van der Waals surface area contributed by atoms with Crippen LogP contribution in [-0.2, 0) is 13.1 Å². The van der Waals surface area contributed by atoms with Gasteiger partial charge in [0.15, 0.2) is 0 Å². The van der Waals surface area contributed by atoms with Gasteiger partial charge in [0, 0.05) is 49.2 Å². The van der Waals surface area contributed by atoms with Crippen LogP contribution in [0.4, 0.5) is 0 Å². The molecule has 1 fully saturated rings. The molecule has 5 nitrogen and oxygen atoms in total. The molecule has 1 saturated heterocycles. The van der Waals surface area contributed by atoms with Crippen molar-refractivity contribution >= 4 is 0 Å². The summed E-state index contributed by atoms with van der Waals surface area (Å²) in [6.07, 6.45) is 8.55. The molecular formula is C15H23N5. The Balaban J connectivity index is 1.63. The van der Waals surface area contributed by atoms with Crippen LogP contribution >= 0.6 is 0 Å². The maximum absolute atomic E-state index is 4.50. The Hall–Kier alpha value is -1.62. The lowest BCUT2D eigenvalue weighted by Gasteiger charge is -2.31. The van der Waals surface area contributed by atoms with Crippen molar-refractivity contribution in [3.05, 3.63) is 35.7 Å². The van der Waals surface area contributed by atoms with Crippen LogP contribution in [0.5, 0.6) is 0 Å². The van der Waals surface area contributed by atoms with E-state index in [9.17, 15) is 0 Å². The second-order valence-corrected chi connectivity index (χ2v) is 5.73. The standard InChI is InChI=1S/C15H23N5/c1-3-20-10-13(8-17-20)9-19-6-4-5-14(11-19)15-16-7-12(2)18-15/h7-8,10,14H,3-6,9,11H2,1-2H3,(H,16,18)/t14-/m0/s1. The summed E-state index contributed by atoms with van der Waals surface area (Å²) < 4.78 is 1.99. The van der Waals surface area contributed by atoms with Crippen LogP contribution in [0.25, 0.3) is 0 Å². The zero-order valence-corrected chi connectivity index (χ0v) is 12.3. The van der Waals surface area contributed by atoms with Crippen LogP contribution in [0.15, 0.2) is 18.6 Å². The molecule has 0 spiro atoms. The van der Waals surface area contributed by atoms with E-state index in [2.05, 4.69) is 40.0 Å². The van der Waals surface area contributed by atoms with Crippen molar-refractivity contribution in [2.75, 3.05) is 13.1 Å². The molecule has 3 heterocycles. The summed E-state index contributed by atoms with van der Waals surface area (Å²) in [5.74, 6) is 1.69. The lowest BCUT2D eigenvalue weighted by Crippen LogP contribution is -2.34. The van der Waals surface area contributed by atoms with Gasteiger partial charge in [0.2, 0.25) is 0 Å². The van der Waals surface area contributed by atoms with Gasteiger partial charge in [-0.15, -0.1) is 0 Å². The molecule has 0 saturated carbocycles. The molecule has 0 radical (unpaired) electrons. The van der Waals surface area contributed by atoms with Gasteiger partial charge < -0.3 is 4.98 Å². The molecule has 0 aliphatic carbocycles. The maximum atomic E-state index is 4.50. The number of aryl methyl sites for hydroxylation is 2. The molecule has 1 aliphatic rings. The third kappa shape index (κ3) is 2.93. The van der Waals surface area contributed by atoms with Crippen LogP contribution in [0.3, 0.4) is 0 Å². The minimum absolute atomic E-state index is 0.540. The topological polar surface area (TPSA) is 49.7 Å². The van der Waals surface area contributed by atoms with Gasteiger partial charge in [-0.25, -0.2) is 4.98 Å². The van der Waals surface area contributed by atoms with Gasteiger partial charge in [-0.05, 0) is 33.2 Å². The number of likely N-dealkylation sites (tertiary alicyclic amines) is 1. The average molecular weight is 273 g/mol. The highest BCUT2D eigenvalue weighted by Crippen LogP contribution is 2.25. The first-order valence-corrected chi connectivity index (χ1v) is 7.49. The summed E-state index contributed by atoms with van der Waals surface area (Å²) in [5, 5.41) is 4.35. The Morgan fingerprint density at radius 1 is 1.40 bits per heavy atom. The fourth-order valence-electron chi connectivity index (χ4n) is 2.98. The van der Waals surface area contributed by atoms with Gasteiger partial charge in [0.05, 0.1) is 6.20 Å². The summed E-state index contributed by atoms with van der Waals surface area (Å²) in [5.41, 5.74) is 2.46. The van der Waals surface area contributed by atoms with Crippen LogP contribution in [0.2, 0.25) is 0 Å². The number of aromatic nitrogens is 4. The third-order valence-electron chi connectivity index (χ3n) is 4.03. The number of piperidine rings is 1. The Morgan fingerprint density at radius 3 is 3.00 bits per heavy atom. The second kappa shape index (κ2) is 5.79. The maximum Gasteiger partial charge on any atom is 0.110 e. The quantitative estimate of drug-likeness (QED) is 0.930. The first-order chi connectivity index (χ1) is 9.74. The molecule has 108 valence electrons. The molecule has 3 rings (SSSR count). The van der Waals surface area contributed by atoms with Gasteiger partial charge in [0.1, 0.15) is 5.82 Å². The van der Waals surface area contributed by atoms with E-state index in [0.717, 1.165) is 31.2 Å². The molecule has 20 heavy (non-hydrogen) atoms. The van der Waals surface area contributed by atoms with Gasteiger partial charge in [-0.3, -0.25) is 9.58 Å². The van der Waals surface area contributed by atoms with E-state index in [1.165, 1.54) is 24.9 Å². The highest BCUT2D eigenvalue weighted by atomic mass is 15.3. The largest absolute Gasteiger partial charge is 0.346 e. The van der Waals surface area contributed by atoms with Crippen LogP contribution in [-0.4, -0.2) is 37.7 Å². The van der Waals surface area contributed by atoms with Crippen LogP contribution in [0.1, 0.15) is 42.8 Å². The van der Waals surface area contributed by atoms with Crippen molar-refractivity contribution in [1.82, 2.24) is 24.6 Å².